The van der Waals surface area contributed by atoms with Crippen LogP contribution in [0.15, 0.2) is 6.20 Å². The van der Waals surface area contributed by atoms with Crippen LogP contribution >= 0.6 is 0 Å². The molecule has 16 heavy (non-hydrogen) atoms. The molecule has 0 amide bonds. The maximum atomic E-state index is 10.4. The summed E-state index contributed by atoms with van der Waals surface area (Å²) in [5.74, 6) is 0.252. The van der Waals surface area contributed by atoms with Crippen molar-refractivity contribution >= 4 is 17.5 Å². The molecule has 0 spiro atoms. The van der Waals surface area contributed by atoms with Gasteiger partial charge in [0, 0.05) is 0 Å². The summed E-state index contributed by atoms with van der Waals surface area (Å²) in [5, 5.41) is 10.4. The number of nitrogen functional groups attached to an aromatic ring is 1. The smallest absolute Gasteiger partial charge is 0.329 e. The van der Waals surface area contributed by atoms with Gasteiger partial charge in [-0.15, -0.1) is 0 Å². The Bertz CT molecular complexity index is 382. The number of nitro groups is 1. The lowest BCUT2D eigenvalue weighted by molar-refractivity contribution is -0.384. The molecule has 1 aromatic rings. The van der Waals surface area contributed by atoms with Crippen LogP contribution in [0, 0.1) is 16.0 Å². The number of rotatable bonds is 5. The Morgan fingerprint density at radius 3 is 2.88 bits per heavy atom. The average molecular weight is 227 g/mol. The van der Waals surface area contributed by atoms with Gasteiger partial charge in [0.05, 0.1) is 11.5 Å². The fraction of sp³-hybridized carbons (Fsp3) is 0.500. The first-order valence-electron chi connectivity index (χ1n) is 4.65. The summed E-state index contributed by atoms with van der Waals surface area (Å²) in [7, 11) is 0. The molecule has 88 valence electrons. The fourth-order valence-electron chi connectivity index (χ4n) is 0.851. The SMILES string of the molecule is CC(C)CONc1ncc([N+](=O)[O-])c(N)n1. The zero-order valence-corrected chi connectivity index (χ0v) is 9.01. The van der Waals surface area contributed by atoms with E-state index in [1.165, 1.54) is 0 Å². The second-order valence-corrected chi connectivity index (χ2v) is 3.53. The molecule has 8 heteroatoms. The van der Waals surface area contributed by atoms with Crippen LogP contribution in [-0.2, 0) is 4.84 Å². The highest BCUT2D eigenvalue weighted by atomic mass is 16.6. The Balaban J connectivity index is 2.63. The first-order valence-corrected chi connectivity index (χ1v) is 4.65. The number of nitrogens with zero attached hydrogens (tertiary/aromatic N) is 3. The first-order chi connectivity index (χ1) is 7.50. The monoisotopic (exact) mass is 227 g/mol. The van der Waals surface area contributed by atoms with Crippen molar-refractivity contribution in [1.82, 2.24) is 9.97 Å². The Kier molecular flexibility index (Phi) is 3.95. The molecule has 0 aliphatic rings. The lowest BCUT2D eigenvalue weighted by Crippen LogP contribution is -2.11. The van der Waals surface area contributed by atoms with E-state index in [2.05, 4.69) is 15.4 Å². The number of hydrogen-bond acceptors (Lipinski definition) is 7. The molecule has 1 heterocycles. The van der Waals surface area contributed by atoms with Crippen molar-refractivity contribution in [2.45, 2.75) is 13.8 Å². The van der Waals surface area contributed by atoms with Crippen LogP contribution in [0.2, 0.25) is 0 Å². The van der Waals surface area contributed by atoms with Gasteiger partial charge in [-0.2, -0.15) is 4.98 Å². The summed E-state index contributed by atoms with van der Waals surface area (Å²) in [4.78, 5) is 22.2. The fourth-order valence-corrected chi connectivity index (χ4v) is 0.851. The van der Waals surface area contributed by atoms with E-state index in [-0.39, 0.29) is 17.5 Å². The summed E-state index contributed by atoms with van der Waals surface area (Å²) in [6.45, 7) is 4.43. The van der Waals surface area contributed by atoms with E-state index in [0.29, 0.717) is 12.5 Å². The lowest BCUT2D eigenvalue weighted by Gasteiger charge is -2.07. The van der Waals surface area contributed by atoms with Gasteiger partial charge in [0.25, 0.3) is 0 Å². The minimum atomic E-state index is -0.645. The molecule has 3 N–H and O–H groups in total. The predicted octanol–water partition coefficient (Wildman–Crippen LogP) is 0.966. The number of aromatic nitrogens is 2. The van der Waals surface area contributed by atoms with Crippen LogP contribution in [0.25, 0.3) is 0 Å². The molecule has 0 bridgehead atoms. The van der Waals surface area contributed by atoms with Gasteiger partial charge < -0.3 is 5.73 Å². The van der Waals surface area contributed by atoms with E-state index in [0.717, 1.165) is 6.20 Å². The molecule has 0 radical (unpaired) electrons. The molecule has 1 aromatic heterocycles. The molecule has 0 atom stereocenters. The van der Waals surface area contributed by atoms with Crippen molar-refractivity contribution in [2.24, 2.45) is 5.92 Å². The van der Waals surface area contributed by atoms with Crippen LogP contribution in [0.1, 0.15) is 13.8 Å². The molecule has 8 nitrogen and oxygen atoms in total. The third-order valence-corrected chi connectivity index (χ3v) is 1.57. The molecule has 0 fully saturated rings. The van der Waals surface area contributed by atoms with Gasteiger partial charge in [0.1, 0.15) is 6.20 Å². The Hall–Kier alpha value is -1.96. The summed E-state index contributed by atoms with van der Waals surface area (Å²) in [6, 6.07) is 0. The quantitative estimate of drug-likeness (QED) is 0.568. The zero-order valence-electron chi connectivity index (χ0n) is 9.01. The van der Waals surface area contributed by atoms with Crippen molar-refractivity contribution in [3.05, 3.63) is 16.3 Å². The standard InChI is InChI=1S/C8H13N5O3/c1-5(2)4-16-12-8-10-3-6(13(14)15)7(9)11-8/h3,5H,4H2,1-2H3,(H3,9,10,11,12). The van der Waals surface area contributed by atoms with E-state index < -0.39 is 4.92 Å². The van der Waals surface area contributed by atoms with Gasteiger partial charge in [-0.3, -0.25) is 15.0 Å². The molecule has 0 unspecified atom stereocenters. The number of hydrogen-bond donors (Lipinski definition) is 2. The highest BCUT2D eigenvalue weighted by molar-refractivity contribution is 5.52. The zero-order chi connectivity index (χ0) is 12.1. The van der Waals surface area contributed by atoms with E-state index in [1.807, 2.05) is 13.8 Å². The molecule has 0 saturated carbocycles. The summed E-state index contributed by atoms with van der Waals surface area (Å²) in [6.07, 6.45) is 1.03. The molecule has 0 aliphatic heterocycles. The third kappa shape index (κ3) is 3.31. The number of nitrogens with one attached hydrogen (secondary N) is 1. The molecular formula is C8H13N5O3. The van der Waals surface area contributed by atoms with Crippen LogP contribution in [0.3, 0.4) is 0 Å². The highest BCUT2D eigenvalue weighted by Gasteiger charge is 2.13. The second kappa shape index (κ2) is 5.21. The first kappa shape index (κ1) is 12.1. The topological polar surface area (TPSA) is 116 Å². The van der Waals surface area contributed by atoms with Crippen LogP contribution in [-0.4, -0.2) is 21.5 Å². The third-order valence-electron chi connectivity index (χ3n) is 1.57. The van der Waals surface area contributed by atoms with Crippen molar-refractivity contribution in [2.75, 3.05) is 17.8 Å². The summed E-state index contributed by atoms with van der Waals surface area (Å²) in [5.41, 5.74) is 7.50. The summed E-state index contributed by atoms with van der Waals surface area (Å²) < 4.78 is 0. The number of nitrogens with two attached hydrogens (primary N) is 1. The second-order valence-electron chi connectivity index (χ2n) is 3.53. The van der Waals surface area contributed by atoms with E-state index >= 15 is 0 Å². The maximum absolute atomic E-state index is 10.4. The van der Waals surface area contributed by atoms with E-state index in [4.69, 9.17) is 10.6 Å². The van der Waals surface area contributed by atoms with Crippen molar-refractivity contribution in [1.29, 1.82) is 0 Å². The van der Waals surface area contributed by atoms with Gasteiger partial charge in [-0.25, -0.2) is 10.5 Å². The van der Waals surface area contributed by atoms with E-state index in [1.54, 1.807) is 0 Å². The highest BCUT2D eigenvalue weighted by Crippen LogP contribution is 2.17. The lowest BCUT2D eigenvalue weighted by atomic mass is 10.2. The average Bonchev–Trinajstić information content (AvgIpc) is 2.16. The van der Waals surface area contributed by atoms with Gasteiger partial charge >= 0.3 is 5.69 Å². The maximum Gasteiger partial charge on any atom is 0.329 e. The van der Waals surface area contributed by atoms with Gasteiger partial charge in [-0.1, -0.05) is 13.8 Å². The van der Waals surface area contributed by atoms with E-state index in [9.17, 15) is 10.1 Å². The van der Waals surface area contributed by atoms with Gasteiger partial charge in [0.2, 0.25) is 11.8 Å². The van der Waals surface area contributed by atoms with Crippen LogP contribution < -0.4 is 11.2 Å². The van der Waals surface area contributed by atoms with Gasteiger partial charge in [-0.05, 0) is 5.92 Å². The van der Waals surface area contributed by atoms with Crippen molar-refractivity contribution in [3.8, 4) is 0 Å². The van der Waals surface area contributed by atoms with Gasteiger partial charge in [0.15, 0.2) is 0 Å². The molecule has 0 aromatic carbocycles. The largest absolute Gasteiger partial charge is 0.378 e. The number of anilines is 2. The molecular weight excluding hydrogens is 214 g/mol. The molecule has 1 rings (SSSR count). The van der Waals surface area contributed by atoms with Crippen molar-refractivity contribution in [3.63, 3.8) is 0 Å². The van der Waals surface area contributed by atoms with Crippen molar-refractivity contribution < 1.29 is 9.76 Å². The Morgan fingerprint density at radius 1 is 1.69 bits per heavy atom. The minimum Gasteiger partial charge on any atom is -0.378 e. The van der Waals surface area contributed by atoms with Crippen LogP contribution in [0.4, 0.5) is 17.5 Å². The van der Waals surface area contributed by atoms with Crippen LogP contribution in [0.5, 0.6) is 0 Å². The Morgan fingerprint density at radius 2 is 2.38 bits per heavy atom. The molecule has 0 aliphatic carbocycles. The Labute approximate surface area is 91.9 Å². The normalized spacial score (nSPS) is 10.4. The summed E-state index contributed by atoms with van der Waals surface area (Å²) >= 11 is 0. The predicted molar refractivity (Wildman–Crippen MR) is 57.5 cm³/mol. The minimum absolute atomic E-state index is 0.101. The molecule has 0 saturated heterocycles.